The predicted octanol–water partition coefficient (Wildman–Crippen LogP) is 1.42. The molecule has 1 fully saturated rings. The maximum atomic E-state index is 12.4. The van der Waals surface area contributed by atoms with Gasteiger partial charge in [0, 0.05) is 30.9 Å². The summed E-state index contributed by atoms with van der Waals surface area (Å²) in [4.78, 5) is 18.4. The van der Waals surface area contributed by atoms with Crippen molar-refractivity contribution < 1.29 is 9.90 Å². The smallest absolute Gasteiger partial charge is 0.254 e. The molecule has 1 atom stereocenters. The van der Waals surface area contributed by atoms with Gasteiger partial charge in [-0.3, -0.25) is 4.79 Å². The summed E-state index contributed by atoms with van der Waals surface area (Å²) in [6.07, 6.45) is 0.628. The highest BCUT2D eigenvalue weighted by Crippen LogP contribution is 2.22. The molecule has 104 valence electrons. The first-order valence-electron chi connectivity index (χ1n) is 6.65. The van der Waals surface area contributed by atoms with E-state index < -0.39 is 5.60 Å². The summed E-state index contributed by atoms with van der Waals surface area (Å²) in [6.45, 7) is 7.39. The molecule has 19 heavy (non-hydrogen) atoms. The quantitative estimate of drug-likeness (QED) is 0.865. The number of nitrogens with zero attached hydrogens (tertiary/aromatic N) is 2. The Kier molecular flexibility index (Phi) is 3.75. The number of amides is 1. The van der Waals surface area contributed by atoms with Gasteiger partial charge in [-0.2, -0.15) is 0 Å². The molecule has 1 aromatic heterocycles. The SMILES string of the molecule is CCNc1cc(C(=O)N2CCC(C)(O)C2)cc(C)n1. The summed E-state index contributed by atoms with van der Waals surface area (Å²) in [7, 11) is 0. The van der Waals surface area contributed by atoms with E-state index >= 15 is 0 Å². The Morgan fingerprint density at radius 1 is 1.58 bits per heavy atom. The topological polar surface area (TPSA) is 65.5 Å². The largest absolute Gasteiger partial charge is 0.388 e. The molecule has 1 aromatic rings. The van der Waals surface area contributed by atoms with Gasteiger partial charge >= 0.3 is 0 Å². The van der Waals surface area contributed by atoms with Crippen molar-refractivity contribution in [3.05, 3.63) is 23.4 Å². The van der Waals surface area contributed by atoms with Crippen LogP contribution in [0.2, 0.25) is 0 Å². The Labute approximate surface area is 113 Å². The molecule has 0 bridgehead atoms. The lowest BCUT2D eigenvalue weighted by molar-refractivity contribution is 0.0572. The third-order valence-corrected chi connectivity index (χ3v) is 3.30. The molecule has 5 nitrogen and oxygen atoms in total. The van der Waals surface area contributed by atoms with Gasteiger partial charge in [-0.25, -0.2) is 4.98 Å². The summed E-state index contributed by atoms with van der Waals surface area (Å²) in [6, 6.07) is 3.56. The molecular formula is C14H21N3O2. The Morgan fingerprint density at radius 2 is 2.32 bits per heavy atom. The molecule has 5 heteroatoms. The number of nitrogens with one attached hydrogen (secondary N) is 1. The Hall–Kier alpha value is -1.62. The van der Waals surface area contributed by atoms with E-state index in [2.05, 4.69) is 10.3 Å². The highest BCUT2D eigenvalue weighted by Gasteiger charge is 2.34. The van der Waals surface area contributed by atoms with E-state index in [9.17, 15) is 9.90 Å². The number of carbonyl (C=O) groups is 1. The van der Waals surface area contributed by atoms with Crippen LogP contribution >= 0.6 is 0 Å². The molecule has 0 aromatic carbocycles. The number of rotatable bonds is 3. The van der Waals surface area contributed by atoms with Crippen molar-refractivity contribution in [1.29, 1.82) is 0 Å². The second kappa shape index (κ2) is 5.17. The fraction of sp³-hybridized carbons (Fsp3) is 0.571. The number of β-amino-alcohol motifs (C(OH)–C–C–N with tert-alkyl or cyclic N) is 1. The summed E-state index contributed by atoms with van der Waals surface area (Å²) in [5.74, 6) is 0.680. The van der Waals surface area contributed by atoms with Crippen molar-refractivity contribution in [2.24, 2.45) is 0 Å². The number of aryl methyl sites for hydroxylation is 1. The van der Waals surface area contributed by atoms with E-state index in [-0.39, 0.29) is 5.91 Å². The lowest BCUT2D eigenvalue weighted by atomic mass is 10.1. The maximum absolute atomic E-state index is 12.4. The molecule has 1 unspecified atom stereocenters. The number of hydrogen-bond acceptors (Lipinski definition) is 4. The molecule has 0 radical (unpaired) electrons. The Balaban J connectivity index is 2.19. The van der Waals surface area contributed by atoms with Crippen molar-refractivity contribution >= 4 is 11.7 Å². The summed E-state index contributed by atoms with van der Waals surface area (Å²) in [5, 5.41) is 13.1. The molecule has 0 aliphatic carbocycles. The zero-order chi connectivity index (χ0) is 14.0. The average molecular weight is 263 g/mol. The monoisotopic (exact) mass is 263 g/mol. The molecule has 2 rings (SSSR count). The van der Waals surface area contributed by atoms with Gasteiger partial charge in [-0.15, -0.1) is 0 Å². The van der Waals surface area contributed by atoms with Crippen LogP contribution in [0, 0.1) is 6.92 Å². The lowest BCUT2D eigenvalue weighted by Crippen LogP contribution is -2.34. The van der Waals surface area contributed by atoms with Gasteiger partial charge in [0.05, 0.1) is 5.60 Å². The average Bonchev–Trinajstić information content (AvgIpc) is 2.68. The number of anilines is 1. The van der Waals surface area contributed by atoms with Crippen LogP contribution < -0.4 is 5.32 Å². The van der Waals surface area contributed by atoms with Crippen LogP contribution in [0.5, 0.6) is 0 Å². The summed E-state index contributed by atoms with van der Waals surface area (Å²) in [5.41, 5.74) is 0.677. The molecule has 2 N–H and O–H groups in total. The normalized spacial score (nSPS) is 22.6. The minimum absolute atomic E-state index is 0.0394. The number of aromatic nitrogens is 1. The van der Waals surface area contributed by atoms with Gasteiger partial charge in [0.25, 0.3) is 5.91 Å². The van der Waals surface area contributed by atoms with Crippen LogP contribution in [0.1, 0.15) is 36.3 Å². The molecule has 1 aliphatic heterocycles. The van der Waals surface area contributed by atoms with Crippen molar-refractivity contribution in [2.75, 3.05) is 25.0 Å². The second-order valence-corrected chi connectivity index (χ2v) is 5.39. The first kappa shape index (κ1) is 13.8. The minimum atomic E-state index is -0.762. The fourth-order valence-electron chi connectivity index (χ4n) is 2.36. The lowest BCUT2D eigenvalue weighted by Gasteiger charge is -2.19. The van der Waals surface area contributed by atoms with Crippen LogP contribution in [0.15, 0.2) is 12.1 Å². The number of likely N-dealkylation sites (tertiary alicyclic amines) is 1. The standard InChI is InChI=1S/C14H21N3O2/c1-4-15-12-8-11(7-10(2)16-12)13(18)17-6-5-14(3,19)9-17/h7-8,19H,4-6,9H2,1-3H3,(H,15,16). The summed E-state index contributed by atoms with van der Waals surface area (Å²) < 4.78 is 0. The zero-order valence-electron chi connectivity index (χ0n) is 11.7. The van der Waals surface area contributed by atoms with Crippen molar-refractivity contribution in [1.82, 2.24) is 9.88 Å². The molecule has 1 amide bonds. The second-order valence-electron chi connectivity index (χ2n) is 5.39. The molecule has 1 saturated heterocycles. The van der Waals surface area contributed by atoms with E-state index in [1.54, 1.807) is 24.0 Å². The van der Waals surface area contributed by atoms with Crippen LogP contribution in [0.4, 0.5) is 5.82 Å². The van der Waals surface area contributed by atoms with Gasteiger partial charge in [0.2, 0.25) is 0 Å². The van der Waals surface area contributed by atoms with Crippen molar-refractivity contribution in [3.8, 4) is 0 Å². The summed E-state index contributed by atoms with van der Waals surface area (Å²) >= 11 is 0. The number of carbonyl (C=O) groups excluding carboxylic acids is 1. The van der Waals surface area contributed by atoms with Crippen molar-refractivity contribution in [2.45, 2.75) is 32.8 Å². The van der Waals surface area contributed by atoms with E-state index in [1.807, 2.05) is 13.8 Å². The zero-order valence-corrected chi connectivity index (χ0v) is 11.7. The third-order valence-electron chi connectivity index (χ3n) is 3.30. The number of hydrogen-bond donors (Lipinski definition) is 2. The van der Waals surface area contributed by atoms with Crippen LogP contribution in [-0.2, 0) is 0 Å². The third kappa shape index (κ3) is 3.23. The van der Waals surface area contributed by atoms with Gasteiger partial charge in [0.1, 0.15) is 5.82 Å². The number of aliphatic hydroxyl groups is 1. The molecule has 0 spiro atoms. The van der Waals surface area contributed by atoms with E-state index in [4.69, 9.17) is 0 Å². The first-order chi connectivity index (χ1) is 8.91. The maximum Gasteiger partial charge on any atom is 0.254 e. The van der Waals surface area contributed by atoms with Crippen LogP contribution in [-0.4, -0.2) is 46.1 Å². The van der Waals surface area contributed by atoms with E-state index in [0.717, 1.165) is 18.1 Å². The van der Waals surface area contributed by atoms with Gasteiger partial charge < -0.3 is 15.3 Å². The Bertz CT molecular complexity index is 486. The van der Waals surface area contributed by atoms with Gasteiger partial charge in [-0.05, 0) is 39.3 Å². The molecule has 1 aliphatic rings. The van der Waals surface area contributed by atoms with Gasteiger partial charge in [-0.1, -0.05) is 0 Å². The Morgan fingerprint density at radius 3 is 2.89 bits per heavy atom. The van der Waals surface area contributed by atoms with E-state index in [0.29, 0.717) is 25.1 Å². The highest BCUT2D eigenvalue weighted by atomic mass is 16.3. The first-order valence-corrected chi connectivity index (χ1v) is 6.65. The van der Waals surface area contributed by atoms with Crippen molar-refractivity contribution in [3.63, 3.8) is 0 Å². The van der Waals surface area contributed by atoms with E-state index in [1.165, 1.54) is 0 Å². The fourth-order valence-corrected chi connectivity index (χ4v) is 2.36. The molecular weight excluding hydrogens is 242 g/mol. The number of pyridine rings is 1. The molecule has 0 saturated carbocycles. The highest BCUT2D eigenvalue weighted by molar-refractivity contribution is 5.95. The minimum Gasteiger partial charge on any atom is -0.388 e. The molecule has 2 heterocycles. The van der Waals surface area contributed by atoms with Crippen LogP contribution in [0.3, 0.4) is 0 Å². The van der Waals surface area contributed by atoms with Gasteiger partial charge in [0.15, 0.2) is 0 Å². The predicted molar refractivity (Wildman–Crippen MR) is 74.3 cm³/mol. The van der Waals surface area contributed by atoms with Crippen LogP contribution in [0.25, 0.3) is 0 Å².